The molecule has 1 aromatic rings. The van der Waals surface area contributed by atoms with Crippen molar-refractivity contribution in [1.82, 2.24) is 10.2 Å². The topological polar surface area (TPSA) is 61.9 Å². The second kappa shape index (κ2) is 8.43. The van der Waals surface area contributed by atoms with E-state index in [1.807, 2.05) is 41.8 Å². The highest BCUT2D eigenvalue weighted by Gasteiger charge is 2.41. The Labute approximate surface area is 171 Å². The number of ether oxygens (including phenoxy) is 1. The lowest BCUT2D eigenvalue weighted by molar-refractivity contribution is -0.118. The van der Waals surface area contributed by atoms with Crippen LogP contribution in [0.3, 0.4) is 0 Å². The number of nitrogens with zero attached hydrogens (tertiary/aromatic N) is 2. The summed E-state index contributed by atoms with van der Waals surface area (Å²) in [5.74, 6) is 2.33. The molecule has 4 rings (SSSR count). The van der Waals surface area contributed by atoms with Gasteiger partial charge in [0.2, 0.25) is 5.91 Å². The van der Waals surface area contributed by atoms with Crippen molar-refractivity contribution >= 4 is 29.3 Å². The van der Waals surface area contributed by atoms with Crippen molar-refractivity contribution in [2.75, 3.05) is 55.8 Å². The lowest BCUT2D eigenvalue weighted by Gasteiger charge is -2.43. The monoisotopic (exact) mass is 403 g/mol. The molecular formula is C21H29N3O3S. The number of anilines is 1. The van der Waals surface area contributed by atoms with Gasteiger partial charge in [0.15, 0.2) is 0 Å². The number of hydrogen-bond donors (Lipinski definition) is 1. The molecule has 152 valence electrons. The number of benzene rings is 1. The first kappa shape index (κ1) is 19.7. The maximum Gasteiger partial charge on any atom is 0.251 e. The molecule has 3 aliphatic heterocycles. The molecule has 2 amide bonds. The Morgan fingerprint density at radius 2 is 2.07 bits per heavy atom. The maximum atomic E-state index is 12.9. The summed E-state index contributed by atoms with van der Waals surface area (Å²) >= 11 is 1.97. The molecular weight excluding hydrogens is 374 g/mol. The Hall–Kier alpha value is -1.57. The van der Waals surface area contributed by atoms with Crippen molar-refractivity contribution < 1.29 is 14.3 Å². The number of nitrogens with one attached hydrogen (secondary N) is 1. The van der Waals surface area contributed by atoms with Crippen LogP contribution in [-0.2, 0) is 16.0 Å². The van der Waals surface area contributed by atoms with E-state index in [0.717, 1.165) is 61.9 Å². The summed E-state index contributed by atoms with van der Waals surface area (Å²) in [4.78, 5) is 29.3. The summed E-state index contributed by atoms with van der Waals surface area (Å²) in [5.41, 5.74) is 2.78. The van der Waals surface area contributed by atoms with E-state index in [-0.39, 0.29) is 17.4 Å². The molecule has 0 saturated carbocycles. The molecule has 28 heavy (non-hydrogen) atoms. The van der Waals surface area contributed by atoms with Gasteiger partial charge in [-0.3, -0.25) is 14.5 Å². The van der Waals surface area contributed by atoms with Gasteiger partial charge in [-0.1, -0.05) is 6.92 Å². The van der Waals surface area contributed by atoms with Gasteiger partial charge >= 0.3 is 0 Å². The van der Waals surface area contributed by atoms with Crippen molar-refractivity contribution in [3.05, 3.63) is 29.3 Å². The summed E-state index contributed by atoms with van der Waals surface area (Å²) in [6, 6.07) is 5.73. The zero-order valence-electron chi connectivity index (χ0n) is 16.5. The van der Waals surface area contributed by atoms with E-state index in [1.165, 1.54) is 0 Å². The van der Waals surface area contributed by atoms with Gasteiger partial charge in [0.25, 0.3) is 5.91 Å². The molecule has 0 spiro atoms. The molecule has 3 aliphatic rings. The van der Waals surface area contributed by atoms with Gasteiger partial charge in [-0.05, 0) is 42.4 Å². The zero-order chi connectivity index (χ0) is 19.6. The molecule has 1 atom stereocenters. The average Bonchev–Trinajstić information content (AvgIpc) is 3.39. The van der Waals surface area contributed by atoms with Gasteiger partial charge < -0.3 is 15.0 Å². The van der Waals surface area contributed by atoms with Crippen LogP contribution in [0.15, 0.2) is 18.2 Å². The minimum Gasteiger partial charge on any atom is -0.379 e. The normalized spacial score (nSPS) is 25.0. The predicted molar refractivity (Wildman–Crippen MR) is 112 cm³/mol. The van der Waals surface area contributed by atoms with Crippen LogP contribution in [0, 0.1) is 0 Å². The second-order valence-corrected chi connectivity index (χ2v) is 8.91. The predicted octanol–water partition coefficient (Wildman–Crippen LogP) is 1.92. The molecule has 0 aromatic heterocycles. The molecule has 7 heteroatoms. The van der Waals surface area contributed by atoms with E-state index < -0.39 is 0 Å². The number of carbonyl (C=O) groups excluding carboxylic acids is 2. The molecule has 2 fully saturated rings. The highest BCUT2D eigenvalue weighted by atomic mass is 32.2. The Bertz CT molecular complexity index is 742. The minimum absolute atomic E-state index is 0.0207. The van der Waals surface area contributed by atoms with Gasteiger partial charge in [0, 0.05) is 55.1 Å². The number of hydrogen-bond acceptors (Lipinski definition) is 5. The lowest BCUT2D eigenvalue weighted by atomic mass is 9.95. The average molecular weight is 404 g/mol. The van der Waals surface area contributed by atoms with E-state index in [0.29, 0.717) is 25.1 Å². The third-order valence-electron chi connectivity index (χ3n) is 6.18. The second-order valence-electron chi connectivity index (χ2n) is 7.80. The van der Waals surface area contributed by atoms with E-state index in [2.05, 4.69) is 10.2 Å². The van der Waals surface area contributed by atoms with Crippen LogP contribution in [0.25, 0.3) is 0 Å². The van der Waals surface area contributed by atoms with Gasteiger partial charge in [0.05, 0.1) is 13.2 Å². The Morgan fingerprint density at radius 3 is 2.79 bits per heavy atom. The van der Waals surface area contributed by atoms with Crippen molar-refractivity contribution in [2.24, 2.45) is 0 Å². The molecule has 2 saturated heterocycles. The number of thioether (sulfide) groups is 1. The van der Waals surface area contributed by atoms with Crippen molar-refractivity contribution in [1.29, 1.82) is 0 Å². The minimum atomic E-state index is -0.0207. The summed E-state index contributed by atoms with van der Waals surface area (Å²) in [7, 11) is 0. The third-order valence-corrected chi connectivity index (χ3v) is 7.42. The number of morpholine rings is 1. The first-order valence-corrected chi connectivity index (χ1v) is 11.4. The molecule has 0 radical (unpaired) electrons. The van der Waals surface area contributed by atoms with E-state index in [4.69, 9.17) is 4.74 Å². The van der Waals surface area contributed by atoms with Crippen LogP contribution in [-0.4, -0.2) is 73.2 Å². The van der Waals surface area contributed by atoms with Crippen LogP contribution >= 0.6 is 11.8 Å². The smallest absolute Gasteiger partial charge is 0.251 e. The van der Waals surface area contributed by atoms with Crippen LogP contribution in [0.4, 0.5) is 5.69 Å². The highest BCUT2D eigenvalue weighted by Crippen LogP contribution is 2.34. The van der Waals surface area contributed by atoms with E-state index >= 15 is 0 Å². The van der Waals surface area contributed by atoms with Gasteiger partial charge in [-0.15, -0.1) is 0 Å². The highest BCUT2D eigenvalue weighted by molar-refractivity contribution is 7.99. The van der Waals surface area contributed by atoms with Crippen LogP contribution in [0.1, 0.15) is 35.7 Å². The fourth-order valence-corrected chi connectivity index (χ4v) is 5.95. The van der Waals surface area contributed by atoms with Crippen LogP contribution < -0.4 is 10.2 Å². The SMILES string of the molecule is CCC(=O)N1CCc2cc(C(=O)NCC3(N4CCOCC4)CCSC3)ccc21. The Kier molecular flexibility index (Phi) is 5.94. The fourth-order valence-electron chi connectivity index (χ4n) is 4.47. The largest absolute Gasteiger partial charge is 0.379 e. The molecule has 0 bridgehead atoms. The van der Waals surface area contributed by atoms with Gasteiger partial charge in [-0.2, -0.15) is 11.8 Å². The molecule has 3 heterocycles. The van der Waals surface area contributed by atoms with Crippen molar-refractivity contribution in [3.8, 4) is 0 Å². The number of amides is 2. The summed E-state index contributed by atoms with van der Waals surface area (Å²) in [6.45, 7) is 6.71. The van der Waals surface area contributed by atoms with Crippen molar-refractivity contribution in [3.63, 3.8) is 0 Å². The van der Waals surface area contributed by atoms with E-state index in [1.54, 1.807) is 0 Å². The standard InChI is InChI=1S/C21H29N3O3S/c1-2-19(25)24-7-5-16-13-17(3-4-18(16)24)20(26)22-14-21(6-12-28-15-21)23-8-10-27-11-9-23/h3-4,13H,2,5-12,14-15H2,1H3,(H,22,26). The first-order chi connectivity index (χ1) is 13.6. The molecule has 1 aromatic carbocycles. The molecule has 1 unspecified atom stereocenters. The first-order valence-electron chi connectivity index (χ1n) is 10.2. The fraction of sp³-hybridized carbons (Fsp3) is 0.619. The zero-order valence-corrected chi connectivity index (χ0v) is 17.4. The van der Waals surface area contributed by atoms with Crippen molar-refractivity contribution in [2.45, 2.75) is 31.7 Å². The maximum absolute atomic E-state index is 12.9. The van der Waals surface area contributed by atoms with Gasteiger partial charge in [0.1, 0.15) is 0 Å². The van der Waals surface area contributed by atoms with Crippen LogP contribution in [0.2, 0.25) is 0 Å². The van der Waals surface area contributed by atoms with Gasteiger partial charge in [-0.25, -0.2) is 0 Å². The number of rotatable bonds is 5. The lowest BCUT2D eigenvalue weighted by Crippen LogP contribution is -2.59. The Balaban J connectivity index is 1.43. The summed E-state index contributed by atoms with van der Waals surface area (Å²) in [6.07, 6.45) is 2.43. The molecule has 0 aliphatic carbocycles. The molecule has 1 N–H and O–H groups in total. The summed E-state index contributed by atoms with van der Waals surface area (Å²) in [5, 5.41) is 3.20. The third kappa shape index (κ3) is 3.80. The van der Waals surface area contributed by atoms with Crippen LogP contribution in [0.5, 0.6) is 0 Å². The number of carbonyl (C=O) groups is 2. The quantitative estimate of drug-likeness (QED) is 0.814. The molecule has 6 nitrogen and oxygen atoms in total. The number of fused-ring (bicyclic) bond motifs is 1. The summed E-state index contributed by atoms with van der Waals surface area (Å²) < 4.78 is 5.51. The Morgan fingerprint density at radius 1 is 1.25 bits per heavy atom. The van der Waals surface area contributed by atoms with E-state index in [9.17, 15) is 9.59 Å².